The van der Waals surface area contributed by atoms with Crippen LogP contribution in [0.5, 0.6) is 11.5 Å². The first-order chi connectivity index (χ1) is 9.24. The van der Waals surface area contributed by atoms with E-state index < -0.39 is 0 Å². The predicted octanol–water partition coefficient (Wildman–Crippen LogP) is 4.55. The maximum atomic E-state index is 5.62. The van der Waals surface area contributed by atoms with Crippen LogP contribution in [0.3, 0.4) is 0 Å². The highest BCUT2D eigenvalue weighted by Crippen LogP contribution is 2.37. The highest BCUT2D eigenvalue weighted by Gasteiger charge is 2.16. The first-order valence-electron chi connectivity index (χ1n) is 6.03. The largest absolute Gasteiger partial charge is 0.486 e. The molecule has 2 aromatic rings. The fraction of sp³-hybridized carbons (Fsp3) is 0.200. The predicted molar refractivity (Wildman–Crippen MR) is 87.4 cm³/mol. The standard InChI is InChI=1S/C15H12BrIO2/c16-15(10-1-4-12(17)5-2-10)11-3-6-13-14(9-11)19-8-7-18-13/h1-6,9,15H,7-8H2. The molecular weight excluding hydrogens is 419 g/mol. The van der Waals surface area contributed by atoms with E-state index in [1.54, 1.807) is 0 Å². The van der Waals surface area contributed by atoms with Crippen LogP contribution in [0.15, 0.2) is 42.5 Å². The van der Waals surface area contributed by atoms with E-state index in [9.17, 15) is 0 Å². The van der Waals surface area contributed by atoms with Gasteiger partial charge in [0, 0.05) is 3.57 Å². The van der Waals surface area contributed by atoms with Crippen LogP contribution in [-0.4, -0.2) is 13.2 Å². The molecule has 2 nitrogen and oxygen atoms in total. The molecule has 0 N–H and O–H groups in total. The number of fused-ring (bicyclic) bond motifs is 1. The van der Waals surface area contributed by atoms with Gasteiger partial charge in [-0.3, -0.25) is 0 Å². The van der Waals surface area contributed by atoms with Gasteiger partial charge < -0.3 is 9.47 Å². The van der Waals surface area contributed by atoms with Crippen LogP contribution in [0.4, 0.5) is 0 Å². The monoisotopic (exact) mass is 430 g/mol. The van der Waals surface area contributed by atoms with E-state index in [2.05, 4.69) is 68.9 Å². The van der Waals surface area contributed by atoms with Crippen molar-refractivity contribution in [3.8, 4) is 11.5 Å². The lowest BCUT2D eigenvalue weighted by Gasteiger charge is -2.20. The highest BCUT2D eigenvalue weighted by atomic mass is 127. The van der Waals surface area contributed by atoms with Gasteiger partial charge in [0.05, 0.1) is 4.83 Å². The normalized spacial score (nSPS) is 15.1. The number of ether oxygens (including phenoxy) is 2. The molecule has 19 heavy (non-hydrogen) atoms. The van der Waals surface area contributed by atoms with Crippen LogP contribution in [0, 0.1) is 3.57 Å². The molecule has 0 amide bonds. The Morgan fingerprint density at radius 2 is 1.53 bits per heavy atom. The molecule has 1 aliphatic heterocycles. The van der Waals surface area contributed by atoms with Crippen LogP contribution in [0.2, 0.25) is 0 Å². The molecule has 1 aliphatic rings. The Balaban J connectivity index is 1.91. The van der Waals surface area contributed by atoms with Crippen LogP contribution < -0.4 is 9.47 Å². The molecule has 0 radical (unpaired) electrons. The minimum atomic E-state index is 0.167. The Hall–Kier alpha value is -0.750. The molecule has 1 heterocycles. The van der Waals surface area contributed by atoms with E-state index in [4.69, 9.17) is 9.47 Å². The van der Waals surface area contributed by atoms with Crippen molar-refractivity contribution < 1.29 is 9.47 Å². The summed E-state index contributed by atoms with van der Waals surface area (Å²) in [4.78, 5) is 0.167. The first-order valence-corrected chi connectivity index (χ1v) is 8.02. The lowest BCUT2D eigenvalue weighted by Crippen LogP contribution is -2.15. The summed E-state index contributed by atoms with van der Waals surface area (Å²) in [5.74, 6) is 1.66. The van der Waals surface area contributed by atoms with E-state index >= 15 is 0 Å². The second-order valence-corrected chi connectivity index (χ2v) is 6.48. The number of benzene rings is 2. The molecule has 3 rings (SSSR count). The molecule has 1 unspecified atom stereocenters. The fourth-order valence-corrected chi connectivity index (χ4v) is 2.99. The van der Waals surface area contributed by atoms with Crippen molar-refractivity contribution in [2.75, 3.05) is 13.2 Å². The zero-order valence-corrected chi connectivity index (χ0v) is 13.8. The van der Waals surface area contributed by atoms with Crippen molar-refractivity contribution in [3.05, 3.63) is 57.2 Å². The third kappa shape index (κ3) is 2.89. The van der Waals surface area contributed by atoms with Crippen LogP contribution in [-0.2, 0) is 0 Å². The number of rotatable bonds is 2. The molecule has 0 saturated heterocycles. The molecule has 0 saturated carbocycles. The van der Waals surface area contributed by atoms with E-state index in [1.807, 2.05) is 12.1 Å². The average Bonchev–Trinajstić information content (AvgIpc) is 2.47. The Bertz CT molecular complexity index is 583. The molecule has 0 fully saturated rings. The smallest absolute Gasteiger partial charge is 0.161 e. The molecule has 2 aromatic carbocycles. The third-order valence-corrected chi connectivity index (χ3v) is 4.80. The summed E-state index contributed by atoms with van der Waals surface area (Å²) in [7, 11) is 0. The second kappa shape index (κ2) is 5.71. The zero-order chi connectivity index (χ0) is 13.2. The van der Waals surface area contributed by atoms with E-state index in [0.717, 1.165) is 11.5 Å². The van der Waals surface area contributed by atoms with E-state index in [0.29, 0.717) is 13.2 Å². The number of alkyl halides is 1. The Morgan fingerprint density at radius 3 is 2.26 bits per heavy atom. The average molecular weight is 431 g/mol. The van der Waals surface area contributed by atoms with Gasteiger partial charge in [0.15, 0.2) is 11.5 Å². The topological polar surface area (TPSA) is 18.5 Å². The summed E-state index contributed by atoms with van der Waals surface area (Å²) >= 11 is 6.06. The highest BCUT2D eigenvalue weighted by molar-refractivity contribution is 14.1. The van der Waals surface area contributed by atoms with E-state index in [-0.39, 0.29) is 4.83 Å². The fourth-order valence-electron chi connectivity index (χ4n) is 2.04. The summed E-state index contributed by atoms with van der Waals surface area (Å²) in [5, 5.41) is 0. The van der Waals surface area contributed by atoms with Gasteiger partial charge >= 0.3 is 0 Å². The minimum absolute atomic E-state index is 0.167. The van der Waals surface area contributed by atoms with Crippen LogP contribution in [0.1, 0.15) is 16.0 Å². The maximum absolute atomic E-state index is 5.62. The van der Waals surface area contributed by atoms with Gasteiger partial charge in [0.2, 0.25) is 0 Å². The minimum Gasteiger partial charge on any atom is -0.486 e. The molecule has 0 aromatic heterocycles. The number of hydrogen-bond acceptors (Lipinski definition) is 2. The van der Waals surface area contributed by atoms with Gasteiger partial charge in [-0.25, -0.2) is 0 Å². The van der Waals surface area contributed by atoms with Gasteiger partial charge in [0.1, 0.15) is 13.2 Å². The Labute approximate surface area is 134 Å². The molecule has 1 atom stereocenters. The van der Waals surface area contributed by atoms with Crippen LogP contribution in [0.25, 0.3) is 0 Å². The Kier molecular flexibility index (Phi) is 3.98. The molecule has 0 bridgehead atoms. The molecule has 0 aliphatic carbocycles. The SMILES string of the molecule is BrC(c1ccc(I)cc1)c1ccc2c(c1)OCCO2. The first kappa shape index (κ1) is 13.2. The summed E-state index contributed by atoms with van der Waals surface area (Å²) in [6.45, 7) is 1.24. The van der Waals surface area contributed by atoms with Gasteiger partial charge in [-0.15, -0.1) is 0 Å². The van der Waals surface area contributed by atoms with Crippen molar-refractivity contribution >= 4 is 38.5 Å². The summed E-state index contributed by atoms with van der Waals surface area (Å²) < 4.78 is 12.4. The van der Waals surface area contributed by atoms with Crippen molar-refractivity contribution in [1.82, 2.24) is 0 Å². The van der Waals surface area contributed by atoms with Crippen molar-refractivity contribution in [2.24, 2.45) is 0 Å². The van der Waals surface area contributed by atoms with E-state index in [1.165, 1.54) is 14.7 Å². The Morgan fingerprint density at radius 1 is 0.895 bits per heavy atom. The molecule has 98 valence electrons. The van der Waals surface area contributed by atoms with Gasteiger partial charge in [-0.1, -0.05) is 34.1 Å². The lowest BCUT2D eigenvalue weighted by atomic mass is 10.0. The van der Waals surface area contributed by atoms with Gasteiger partial charge in [-0.2, -0.15) is 0 Å². The van der Waals surface area contributed by atoms with Gasteiger partial charge in [-0.05, 0) is 58.0 Å². The summed E-state index contributed by atoms with van der Waals surface area (Å²) in [5.41, 5.74) is 2.41. The maximum Gasteiger partial charge on any atom is 0.161 e. The second-order valence-electron chi connectivity index (χ2n) is 4.32. The van der Waals surface area contributed by atoms with Crippen molar-refractivity contribution in [1.29, 1.82) is 0 Å². The zero-order valence-electron chi connectivity index (χ0n) is 10.1. The summed E-state index contributed by atoms with van der Waals surface area (Å²) in [6.07, 6.45) is 0. The van der Waals surface area contributed by atoms with Crippen molar-refractivity contribution in [2.45, 2.75) is 4.83 Å². The lowest BCUT2D eigenvalue weighted by molar-refractivity contribution is 0.171. The van der Waals surface area contributed by atoms with Crippen molar-refractivity contribution in [3.63, 3.8) is 0 Å². The van der Waals surface area contributed by atoms with Crippen LogP contribution >= 0.6 is 38.5 Å². The molecular formula is C15H12BrIO2. The third-order valence-electron chi connectivity index (χ3n) is 3.02. The number of halogens is 2. The molecule has 0 spiro atoms. The quantitative estimate of drug-likeness (QED) is 0.514. The number of hydrogen-bond donors (Lipinski definition) is 0. The summed E-state index contributed by atoms with van der Waals surface area (Å²) in [6, 6.07) is 14.6. The molecule has 4 heteroatoms. The van der Waals surface area contributed by atoms with Gasteiger partial charge in [0.25, 0.3) is 0 Å².